The van der Waals surface area contributed by atoms with Crippen LogP contribution in [0.5, 0.6) is 0 Å². The van der Waals surface area contributed by atoms with E-state index in [1.54, 1.807) is 0 Å². The maximum atomic E-state index is 4.43. The molecule has 0 aliphatic carbocycles. The number of fused-ring (bicyclic) bond motifs is 3. The molecule has 0 saturated heterocycles. The van der Waals surface area contributed by atoms with Crippen molar-refractivity contribution in [3.05, 3.63) is 18.3 Å². The zero-order valence-electron chi connectivity index (χ0n) is 6.40. The number of nitrogens with zero attached hydrogens (tertiary/aromatic N) is 3. The Hall–Kier alpha value is -1.03. The molecule has 0 saturated carbocycles. The summed E-state index contributed by atoms with van der Waals surface area (Å²) in [6.07, 6.45) is 1.82. The van der Waals surface area contributed by atoms with Crippen molar-refractivity contribution in [1.82, 2.24) is 14.8 Å². The molecule has 0 radical (unpaired) electrons. The Bertz CT molecular complexity index is 435. The van der Waals surface area contributed by atoms with E-state index in [-0.39, 0.29) is 0 Å². The van der Waals surface area contributed by atoms with Gasteiger partial charge in [-0.15, -0.1) is 11.8 Å². The molecule has 0 unspecified atom stereocenters. The number of rotatable bonds is 0. The molecule has 3 rings (SSSR count). The second kappa shape index (κ2) is 2.23. The van der Waals surface area contributed by atoms with E-state index in [4.69, 9.17) is 0 Å². The first kappa shape index (κ1) is 6.48. The van der Waals surface area contributed by atoms with Gasteiger partial charge in [0.25, 0.3) is 0 Å². The minimum Gasteiger partial charge on any atom is -0.255 e. The Morgan fingerprint density at radius 1 is 1.50 bits per heavy atom. The fourth-order valence-corrected chi connectivity index (χ4v) is 2.50. The summed E-state index contributed by atoms with van der Waals surface area (Å²) in [5.74, 6) is 1.13. The van der Waals surface area contributed by atoms with Gasteiger partial charge in [-0.2, -0.15) is 5.10 Å². The van der Waals surface area contributed by atoms with Crippen molar-refractivity contribution in [2.24, 2.45) is 0 Å². The Kier molecular flexibility index (Phi) is 1.20. The van der Waals surface area contributed by atoms with Gasteiger partial charge in [0, 0.05) is 11.9 Å². The normalized spacial score (nSPS) is 15.3. The Balaban J connectivity index is 2.44. The number of aryl methyl sites for hydroxylation is 1. The van der Waals surface area contributed by atoms with Crippen molar-refractivity contribution in [2.75, 3.05) is 5.75 Å². The van der Waals surface area contributed by atoms with E-state index in [9.17, 15) is 0 Å². The van der Waals surface area contributed by atoms with Gasteiger partial charge in [0.05, 0.1) is 6.54 Å². The lowest BCUT2D eigenvalue weighted by Crippen LogP contribution is -1.94. The SMILES string of the molecule is c1cnc2c3n(nc2c1)CCS3. The molecule has 0 N–H and O–H groups in total. The Labute approximate surface area is 73.8 Å². The van der Waals surface area contributed by atoms with Gasteiger partial charge in [0.15, 0.2) is 0 Å². The molecule has 3 nitrogen and oxygen atoms in total. The van der Waals surface area contributed by atoms with Crippen LogP contribution in [0.2, 0.25) is 0 Å². The summed E-state index contributed by atoms with van der Waals surface area (Å²) in [5.41, 5.74) is 2.07. The lowest BCUT2D eigenvalue weighted by atomic mass is 10.4. The first-order valence-corrected chi connectivity index (χ1v) is 4.88. The van der Waals surface area contributed by atoms with E-state index in [1.165, 1.54) is 5.03 Å². The first-order valence-electron chi connectivity index (χ1n) is 3.89. The minimum absolute atomic E-state index is 1.01. The Morgan fingerprint density at radius 2 is 2.50 bits per heavy atom. The highest BCUT2D eigenvalue weighted by Gasteiger charge is 2.17. The summed E-state index contributed by atoms with van der Waals surface area (Å²) >= 11 is 1.84. The molecule has 0 fully saturated rings. The molecule has 60 valence electrons. The van der Waals surface area contributed by atoms with Crippen molar-refractivity contribution in [3.63, 3.8) is 0 Å². The average molecular weight is 177 g/mol. The highest BCUT2D eigenvalue weighted by molar-refractivity contribution is 7.99. The van der Waals surface area contributed by atoms with Crippen molar-refractivity contribution in [2.45, 2.75) is 11.6 Å². The second-order valence-electron chi connectivity index (χ2n) is 2.75. The van der Waals surface area contributed by atoms with E-state index < -0.39 is 0 Å². The number of pyridine rings is 1. The third kappa shape index (κ3) is 0.728. The van der Waals surface area contributed by atoms with E-state index in [1.807, 2.05) is 34.8 Å². The van der Waals surface area contributed by atoms with Crippen LogP contribution in [0, 0.1) is 0 Å². The van der Waals surface area contributed by atoms with Crippen LogP contribution in [0.1, 0.15) is 0 Å². The largest absolute Gasteiger partial charge is 0.255 e. The van der Waals surface area contributed by atoms with Crippen LogP contribution in [-0.4, -0.2) is 20.5 Å². The summed E-state index contributed by atoms with van der Waals surface area (Å²) in [4.78, 5) is 4.31. The smallest absolute Gasteiger partial charge is 0.122 e. The average Bonchev–Trinajstić information content (AvgIpc) is 2.62. The highest BCUT2D eigenvalue weighted by atomic mass is 32.2. The van der Waals surface area contributed by atoms with Gasteiger partial charge in [-0.25, -0.2) is 0 Å². The van der Waals surface area contributed by atoms with Crippen LogP contribution >= 0.6 is 11.8 Å². The number of hydrogen-bond acceptors (Lipinski definition) is 3. The summed E-state index contributed by atoms with van der Waals surface area (Å²) < 4.78 is 2.04. The molecule has 0 atom stereocenters. The molecule has 0 spiro atoms. The number of aromatic nitrogens is 3. The highest BCUT2D eigenvalue weighted by Crippen LogP contribution is 2.30. The lowest BCUT2D eigenvalue weighted by Gasteiger charge is -1.87. The van der Waals surface area contributed by atoms with Crippen LogP contribution in [0.4, 0.5) is 0 Å². The van der Waals surface area contributed by atoms with E-state index in [2.05, 4.69) is 10.1 Å². The van der Waals surface area contributed by atoms with Crippen molar-refractivity contribution >= 4 is 22.8 Å². The standard InChI is InChI=1S/C8H7N3S/c1-2-6-7(9-3-1)8-11(10-6)4-5-12-8/h1-3H,4-5H2. The molecule has 1 aliphatic heterocycles. The summed E-state index contributed by atoms with van der Waals surface area (Å²) in [6, 6.07) is 3.93. The summed E-state index contributed by atoms with van der Waals surface area (Å²) in [6.45, 7) is 1.02. The van der Waals surface area contributed by atoms with Crippen molar-refractivity contribution in [3.8, 4) is 0 Å². The van der Waals surface area contributed by atoms with E-state index >= 15 is 0 Å². The molecular weight excluding hydrogens is 170 g/mol. The molecule has 3 heterocycles. The molecule has 4 heteroatoms. The van der Waals surface area contributed by atoms with E-state index in [0.29, 0.717) is 0 Å². The Morgan fingerprint density at radius 3 is 3.50 bits per heavy atom. The van der Waals surface area contributed by atoms with Crippen LogP contribution in [-0.2, 0) is 6.54 Å². The maximum absolute atomic E-state index is 4.43. The van der Waals surface area contributed by atoms with Crippen LogP contribution in [0.3, 0.4) is 0 Å². The van der Waals surface area contributed by atoms with Gasteiger partial charge in [0.1, 0.15) is 16.1 Å². The van der Waals surface area contributed by atoms with Crippen molar-refractivity contribution in [1.29, 1.82) is 0 Å². The zero-order valence-corrected chi connectivity index (χ0v) is 7.21. The summed E-state index contributed by atoms with van der Waals surface area (Å²) in [7, 11) is 0. The monoisotopic (exact) mass is 177 g/mol. The molecule has 0 bridgehead atoms. The van der Waals surface area contributed by atoms with Crippen molar-refractivity contribution < 1.29 is 0 Å². The lowest BCUT2D eigenvalue weighted by molar-refractivity contribution is 0.641. The van der Waals surface area contributed by atoms with Gasteiger partial charge < -0.3 is 0 Å². The third-order valence-electron chi connectivity index (χ3n) is 1.99. The maximum Gasteiger partial charge on any atom is 0.122 e. The molecule has 1 aliphatic rings. The fraction of sp³-hybridized carbons (Fsp3) is 0.250. The quantitative estimate of drug-likeness (QED) is 0.611. The third-order valence-corrected chi connectivity index (χ3v) is 3.06. The van der Waals surface area contributed by atoms with Gasteiger partial charge >= 0.3 is 0 Å². The first-order chi connectivity index (χ1) is 5.95. The molecule has 0 amide bonds. The molecule has 12 heavy (non-hydrogen) atoms. The second-order valence-corrected chi connectivity index (χ2v) is 3.83. The molecular formula is C8H7N3S. The van der Waals surface area contributed by atoms with Gasteiger partial charge in [-0.1, -0.05) is 0 Å². The van der Waals surface area contributed by atoms with Crippen LogP contribution in [0.25, 0.3) is 11.0 Å². The number of hydrogen-bond donors (Lipinski definition) is 0. The fourth-order valence-electron chi connectivity index (χ4n) is 1.46. The topological polar surface area (TPSA) is 30.7 Å². The molecule has 2 aromatic rings. The predicted octanol–water partition coefficient (Wildman–Crippen LogP) is 1.54. The molecule has 2 aromatic heterocycles. The predicted molar refractivity (Wildman–Crippen MR) is 48.3 cm³/mol. The van der Waals surface area contributed by atoms with Crippen LogP contribution < -0.4 is 0 Å². The summed E-state index contributed by atoms with van der Waals surface area (Å²) in [5, 5.41) is 5.65. The van der Waals surface area contributed by atoms with Gasteiger partial charge in [-0.05, 0) is 12.1 Å². The minimum atomic E-state index is 1.01. The number of thioether (sulfide) groups is 1. The van der Waals surface area contributed by atoms with Crippen LogP contribution in [0.15, 0.2) is 23.4 Å². The van der Waals surface area contributed by atoms with Gasteiger partial charge in [-0.3, -0.25) is 9.67 Å². The molecule has 0 aromatic carbocycles. The van der Waals surface area contributed by atoms with Gasteiger partial charge in [0.2, 0.25) is 0 Å². The zero-order chi connectivity index (χ0) is 7.97. The van der Waals surface area contributed by atoms with E-state index in [0.717, 1.165) is 23.3 Å².